The molecule has 1 aliphatic rings. The van der Waals surface area contributed by atoms with Crippen molar-refractivity contribution < 1.29 is 4.42 Å². The summed E-state index contributed by atoms with van der Waals surface area (Å²) in [5.74, 6) is 0.232. The minimum atomic E-state index is 0.232. The summed E-state index contributed by atoms with van der Waals surface area (Å²) in [4.78, 5) is 2.39. The Bertz CT molecular complexity index is 3480. The van der Waals surface area contributed by atoms with Gasteiger partial charge in [0.1, 0.15) is 11.2 Å². The van der Waals surface area contributed by atoms with Gasteiger partial charge in [-0.2, -0.15) is 0 Å². The van der Waals surface area contributed by atoms with Gasteiger partial charge in [-0.05, 0) is 83.3 Å². The van der Waals surface area contributed by atoms with E-state index in [9.17, 15) is 0 Å². The maximum absolute atomic E-state index is 6.45. The van der Waals surface area contributed by atoms with E-state index in [2.05, 4.69) is 234 Å². The number of allylic oxidation sites excluding steroid dienone is 4. The summed E-state index contributed by atoms with van der Waals surface area (Å²) in [7, 11) is 0. The lowest BCUT2D eigenvalue weighted by Crippen LogP contribution is -2.11. The predicted octanol–water partition coefficient (Wildman–Crippen LogP) is 16.6. The second-order valence-electron chi connectivity index (χ2n) is 16.4. The number of hydrogen-bond donors (Lipinski definition) is 0. The van der Waals surface area contributed by atoms with Crippen LogP contribution in [0.2, 0.25) is 0 Å². The third-order valence-electron chi connectivity index (χ3n) is 12.8. The number of hydrogen-bond acceptors (Lipinski definition) is 2. The van der Waals surface area contributed by atoms with E-state index in [-0.39, 0.29) is 5.92 Å². The molecule has 3 heteroatoms. The molecular formula is C60H42N2O. The number of rotatable bonds is 8. The molecule has 2 heterocycles. The molecule has 0 saturated heterocycles. The Balaban J connectivity index is 0.900. The molecule has 1 aliphatic carbocycles. The molecule has 1 unspecified atom stereocenters. The van der Waals surface area contributed by atoms with E-state index in [0.717, 1.165) is 56.5 Å². The fraction of sp³-hybridized carbons (Fsp3) is 0.0333. The quantitative estimate of drug-likeness (QED) is 0.153. The summed E-state index contributed by atoms with van der Waals surface area (Å²) in [5.41, 5.74) is 17.2. The van der Waals surface area contributed by atoms with Gasteiger partial charge < -0.3 is 13.9 Å². The molecule has 11 aromatic rings. The van der Waals surface area contributed by atoms with Crippen LogP contribution in [0.3, 0.4) is 0 Å². The smallest absolute Gasteiger partial charge is 0.143 e. The van der Waals surface area contributed by atoms with Crippen LogP contribution in [-0.2, 0) is 0 Å². The highest BCUT2D eigenvalue weighted by Gasteiger charge is 2.22. The maximum Gasteiger partial charge on any atom is 0.143 e. The van der Waals surface area contributed by atoms with Crippen LogP contribution in [0.5, 0.6) is 0 Å². The number of anilines is 3. The van der Waals surface area contributed by atoms with Crippen LogP contribution in [0.15, 0.2) is 241 Å². The largest absolute Gasteiger partial charge is 0.455 e. The first-order valence-electron chi connectivity index (χ1n) is 21.8. The fourth-order valence-corrected chi connectivity index (χ4v) is 9.82. The minimum absolute atomic E-state index is 0.232. The highest BCUT2D eigenvalue weighted by molar-refractivity contribution is 6.10. The Morgan fingerprint density at radius 1 is 0.444 bits per heavy atom. The molecule has 3 nitrogen and oxygen atoms in total. The van der Waals surface area contributed by atoms with Crippen LogP contribution in [0, 0.1) is 0 Å². The van der Waals surface area contributed by atoms with Gasteiger partial charge in [0, 0.05) is 55.5 Å². The Morgan fingerprint density at radius 2 is 1.02 bits per heavy atom. The number of benzene rings is 9. The SMILES string of the molecule is C1=CC(c2ccc(N(c3ccc(-c4cccc5c4oc4ccccc45)cc3)c3ccccc3-c3ccccc3)cc2)CC(c2ccccc2-n2c3ccccc3c3ccccc32)=C1. The van der Waals surface area contributed by atoms with Crippen molar-refractivity contribution >= 4 is 66.4 Å². The lowest BCUT2D eigenvalue weighted by molar-refractivity contribution is 0.670. The Hall–Kier alpha value is -8.14. The van der Waals surface area contributed by atoms with Crippen molar-refractivity contribution in [3.05, 3.63) is 248 Å². The van der Waals surface area contributed by atoms with Gasteiger partial charge in [0.05, 0.1) is 22.4 Å². The molecule has 0 spiro atoms. The summed E-state index contributed by atoms with van der Waals surface area (Å²) in [6, 6.07) is 78.7. The zero-order valence-corrected chi connectivity index (χ0v) is 34.6. The lowest BCUT2D eigenvalue weighted by atomic mass is 9.85. The van der Waals surface area contributed by atoms with E-state index >= 15 is 0 Å². The standard InChI is InChI=1S/C60H42N2O/c1-2-16-42(17-3-1)48-20-4-9-27-55(48)61(47-38-34-43(35-39-47)50-25-15-26-54-53-24-8-13-31-59(53)63-60(50)54)46-36-32-41(33-37-46)44-18-14-19-45(40-44)49-21-5-10-28-56(49)62-57-29-11-6-22-51(57)52-23-7-12-30-58(52)62/h1-39,44H,40H2. The molecule has 0 saturated carbocycles. The average molecular weight is 807 g/mol. The molecule has 0 aliphatic heterocycles. The monoisotopic (exact) mass is 806 g/mol. The molecule has 0 fully saturated rings. The number of fused-ring (bicyclic) bond motifs is 6. The van der Waals surface area contributed by atoms with E-state index in [0.29, 0.717) is 0 Å². The van der Waals surface area contributed by atoms with Gasteiger partial charge in [-0.15, -0.1) is 0 Å². The van der Waals surface area contributed by atoms with Crippen molar-refractivity contribution in [2.24, 2.45) is 0 Å². The van der Waals surface area contributed by atoms with Crippen molar-refractivity contribution in [3.8, 4) is 27.9 Å². The van der Waals surface area contributed by atoms with Crippen LogP contribution in [0.4, 0.5) is 17.1 Å². The molecule has 0 amide bonds. The Morgan fingerprint density at radius 3 is 1.78 bits per heavy atom. The normalized spacial score (nSPS) is 13.8. The topological polar surface area (TPSA) is 21.3 Å². The first-order valence-corrected chi connectivity index (χ1v) is 21.8. The third-order valence-corrected chi connectivity index (χ3v) is 12.8. The molecule has 12 rings (SSSR count). The molecule has 9 aromatic carbocycles. The molecule has 63 heavy (non-hydrogen) atoms. The minimum Gasteiger partial charge on any atom is -0.455 e. The first kappa shape index (κ1) is 36.7. The van der Waals surface area contributed by atoms with E-state index in [4.69, 9.17) is 4.42 Å². The maximum atomic E-state index is 6.45. The molecule has 0 radical (unpaired) electrons. The van der Waals surface area contributed by atoms with E-state index < -0.39 is 0 Å². The molecule has 0 bridgehead atoms. The summed E-state index contributed by atoms with van der Waals surface area (Å²) >= 11 is 0. The van der Waals surface area contributed by atoms with Gasteiger partial charge in [-0.25, -0.2) is 0 Å². The van der Waals surface area contributed by atoms with Crippen molar-refractivity contribution in [1.82, 2.24) is 4.57 Å². The molecular weight excluding hydrogens is 765 g/mol. The zero-order valence-electron chi connectivity index (χ0n) is 34.6. The predicted molar refractivity (Wildman–Crippen MR) is 265 cm³/mol. The van der Waals surface area contributed by atoms with Gasteiger partial charge in [0.25, 0.3) is 0 Å². The molecule has 1 atom stereocenters. The van der Waals surface area contributed by atoms with Crippen molar-refractivity contribution in [2.75, 3.05) is 4.90 Å². The highest BCUT2D eigenvalue weighted by Crippen LogP contribution is 2.44. The molecule has 298 valence electrons. The van der Waals surface area contributed by atoms with Gasteiger partial charge in [0.2, 0.25) is 0 Å². The summed E-state index contributed by atoms with van der Waals surface area (Å²) in [5, 5.41) is 4.82. The van der Waals surface area contributed by atoms with Crippen LogP contribution in [0.25, 0.3) is 77.3 Å². The number of para-hydroxylation sites is 6. The highest BCUT2D eigenvalue weighted by atomic mass is 16.3. The van der Waals surface area contributed by atoms with Gasteiger partial charge >= 0.3 is 0 Å². The van der Waals surface area contributed by atoms with Gasteiger partial charge in [0.15, 0.2) is 0 Å². The van der Waals surface area contributed by atoms with Crippen LogP contribution in [-0.4, -0.2) is 4.57 Å². The number of furan rings is 1. The second-order valence-corrected chi connectivity index (χ2v) is 16.4. The molecule has 0 N–H and O–H groups in total. The van der Waals surface area contributed by atoms with Crippen molar-refractivity contribution in [1.29, 1.82) is 0 Å². The average Bonchev–Trinajstić information content (AvgIpc) is 3.91. The van der Waals surface area contributed by atoms with E-state index in [1.807, 2.05) is 12.1 Å². The second kappa shape index (κ2) is 15.4. The van der Waals surface area contributed by atoms with Gasteiger partial charge in [-0.1, -0.05) is 182 Å². The van der Waals surface area contributed by atoms with Crippen molar-refractivity contribution in [3.63, 3.8) is 0 Å². The third kappa shape index (κ3) is 6.36. The van der Waals surface area contributed by atoms with Crippen LogP contribution >= 0.6 is 0 Å². The Labute approximate surface area is 366 Å². The van der Waals surface area contributed by atoms with Crippen molar-refractivity contribution in [2.45, 2.75) is 12.3 Å². The lowest BCUT2D eigenvalue weighted by Gasteiger charge is -2.29. The summed E-state index contributed by atoms with van der Waals surface area (Å²) in [6.07, 6.45) is 7.81. The summed E-state index contributed by atoms with van der Waals surface area (Å²) in [6.45, 7) is 0. The van der Waals surface area contributed by atoms with E-state index in [1.165, 1.54) is 55.3 Å². The number of aromatic nitrogens is 1. The summed E-state index contributed by atoms with van der Waals surface area (Å²) < 4.78 is 8.89. The fourth-order valence-electron chi connectivity index (χ4n) is 9.82. The first-order chi connectivity index (χ1) is 31.3. The van der Waals surface area contributed by atoms with Crippen LogP contribution in [0.1, 0.15) is 23.5 Å². The van der Waals surface area contributed by atoms with Gasteiger partial charge in [-0.3, -0.25) is 0 Å². The molecule has 2 aromatic heterocycles. The van der Waals surface area contributed by atoms with E-state index in [1.54, 1.807) is 0 Å². The number of nitrogens with zero attached hydrogens (tertiary/aromatic N) is 2. The zero-order chi connectivity index (χ0) is 41.7. The Kier molecular flexibility index (Phi) is 8.97. The van der Waals surface area contributed by atoms with Crippen LogP contribution < -0.4 is 4.90 Å².